The predicted octanol–water partition coefficient (Wildman–Crippen LogP) is -0.421. The van der Waals surface area contributed by atoms with Gasteiger partial charge in [0.05, 0.1) is 12.6 Å². The Morgan fingerprint density at radius 3 is 2.50 bits per heavy atom. The molecule has 1 aliphatic rings. The molecule has 0 aliphatic heterocycles. The third-order valence-electron chi connectivity index (χ3n) is 2.80. The summed E-state index contributed by atoms with van der Waals surface area (Å²) in [7, 11) is 3.46. The number of amides is 2. The van der Waals surface area contributed by atoms with Gasteiger partial charge in [-0.1, -0.05) is 0 Å². The fourth-order valence-corrected chi connectivity index (χ4v) is 1.77. The highest BCUT2D eigenvalue weighted by molar-refractivity contribution is 5.87. The minimum atomic E-state index is -0.126. The zero-order valence-corrected chi connectivity index (χ0v) is 10.2. The Morgan fingerprint density at radius 2 is 2.06 bits per heavy atom. The van der Waals surface area contributed by atoms with Gasteiger partial charge in [0.25, 0.3) is 0 Å². The van der Waals surface area contributed by atoms with Crippen LogP contribution < -0.4 is 10.6 Å². The maximum absolute atomic E-state index is 12.0. The van der Waals surface area contributed by atoms with Crippen LogP contribution in [0.4, 0.5) is 0 Å². The van der Waals surface area contributed by atoms with Crippen molar-refractivity contribution in [3.8, 4) is 0 Å². The standard InChI is InChI=1S/C11H21N3O2/c1-4-13-9(15)7-14(3)11(16)10(12-2)8-5-6-8/h8,10,12H,4-7H2,1-3H3,(H,13,15). The maximum Gasteiger partial charge on any atom is 0.240 e. The predicted molar refractivity (Wildman–Crippen MR) is 61.9 cm³/mol. The van der Waals surface area contributed by atoms with Crippen molar-refractivity contribution in [2.24, 2.45) is 5.92 Å². The van der Waals surface area contributed by atoms with Gasteiger partial charge in [0.2, 0.25) is 11.8 Å². The highest BCUT2D eigenvalue weighted by Gasteiger charge is 2.36. The molecule has 1 aliphatic carbocycles. The summed E-state index contributed by atoms with van der Waals surface area (Å²) in [5, 5.41) is 5.71. The van der Waals surface area contributed by atoms with Gasteiger partial charge in [-0.15, -0.1) is 0 Å². The molecular formula is C11H21N3O2. The van der Waals surface area contributed by atoms with Crippen LogP contribution in [-0.4, -0.2) is 49.9 Å². The highest BCUT2D eigenvalue weighted by Crippen LogP contribution is 2.33. The zero-order valence-electron chi connectivity index (χ0n) is 10.2. The van der Waals surface area contributed by atoms with E-state index in [-0.39, 0.29) is 24.4 Å². The van der Waals surface area contributed by atoms with E-state index in [0.29, 0.717) is 12.5 Å². The third-order valence-corrected chi connectivity index (χ3v) is 2.80. The Morgan fingerprint density at radius 1 is 1.44 bits per heavy atom. The monoisotopic (exact) mass is 227 g/mol. The second kappa shape index (κ2) is 5.84. The van der Waals surface area contributed by atoms with Crippen molar-refractivity contribution in [3.63, 3.8) is 0 Å². The number of nitrogens with zero attached hydrogens (tertiary/aromatic N) is 1. The Hall–Kier alpha value is -1.10. The third kappa shape index (κ3) is 3.48. The summed E-state index contributed by atoms with van der Waals surface area (Å²) >= 11 is 0. The van der Waals surface area contributed by atoms with Gasteiger partial charge in [0.15, 0.2) is 0 Å². The van der Waals surface area contributed by atoms with E-state index >= 15 is 0 Å². The lowest BCUT2D eigenvalue weighted by molar-refractivity contribution is -0.136. The second-order valence-corrected chi connectivity index (χ2v) is 4.25. The average molecular weight is 227 g/mol. The van der Waals surface area contributed by atoms with E-state index < -0.39 is 0 Å². The first-order chi connectivity index (χ1) is 7.60. The Bertz CT molecular complexity index is 264. The van der Waals surface area contributed by atoms with Crippen LogP contribution in [-0.2, 0) is 9.59 Å². The molecule has 0 aromatic rings. The number of carbonyl (C=O) groups is 2. The summed E-state index contributed by atoms with van der Waals surface area (Å²) in [4.78, 5) is 24.8. The van der Waals surface area contributed by atoms with E-state index in [1.807, 2.05) is 6.92 Å². The van der Waals surface area contributed by atoms with Crippen molar-refractivity contribution in [2.45, 2.75) is 25.8 Å². The largest absolute Gasteiger partial charge is 0.355 e. The van der Waals surface area contributed by atoms with E-state index in [2.05, 4.69) is 10.6 Å². The van der Waals surface area contributed by atoms with Crippen LogP contribution >= 0.6 is 0 Å². The fourth-order valence-electron chi connectivity index (χ4n) is 1.77. The Balaban J connectivity index is 2.42. The molecule has 1 rings (SSSR count). The second-order valence-electron chi connectivity index (χ2n) is 4.25. The van der Waals surface area contributed by atoms with Crippen LogP contribution in [0, 0.1) is 5.92 Å². The van der Waals surface area contributed by atoms with E-state index in [0.717, 1.165) is 12.8 Å². The van der Waals surface area contributed by atoms with Gasteiger partial charge in [-0.05, 0) is 32.7 Å². The topological polar surface area (TPSA) is 61.4 Å². The molecule has 5 heteroatoms. The maximum atomic E-state index is 12.0. The van der Waals surface area contributed by atoms with Crippen molar-refractivity contribution in [1.82, 2.24) is 15.5 Å². The van der Waals surface area contributed by atoms with E-state index in [1.165, 1.54) is 4.90 Å². The number of rotatable bonds is 6. The number of nitrogens with one attached hydrogen (secondary N) is 2. The van der Waals surface area contributed by atoms with Crippen molar-refractivity contribution >= 4 is 11.8 Å². The van der Waals surface area contributed by atoms with E-state index in [1.54, 1.807) is 14.1 Å². The highest BCUT2D eigenvalue weighted by atomic mass is 16.2. The molecule has 0 spiro atoms. The lowest BCUT2D eigenvalue weighted by Crippen LogP contribution is -2.48. The van der Waals surface area contributed by atoms with Crippen LogP contribution in [0.3, 0.4) is 0 Å². The molecular weight excluding hydrogens is 206 g/mol. The van der Waals surface area contributed by atoms with Crippen LogP contribution in [0.1, 0.15) is 19.8 Å². The number of likely N-dealkylation sites (N-methyl/N-ethyl adjacent to an activating group) is 3. The lowest BCUT2D eigenvalue weighted by atomic mass is 10.1. The summed E-state index contributed by atoms with van der Waals surface area (Å²) < 4.78 is 0. The Kier molecular flexibility index (Phi) is 4.73. The number of carbonyl (C=O) groups excluding carboxylic acids is 2. The van der Waals surface area contributed by atoms with Crippen LogP contribution in [0.15, 0.2) is 0 Å². The van der Waals surface area contributed by atoms with Crippen LogP contribution in [0.5, 0.6) is 0 Å². The fraction of sp³-hybridized carbons (Fsp3) is 0.818. The van der Waals surface area contributed by atoms with Gasteiger partial charge in [-0.3, -0.25) is 9.59 Å². The summed E-state index contributed by atoms with van der Waals surface area (Å²) in [6.45, 7) is 2.59. The Labute approximate surface area is 96.6 Å². The zero-order chi connectivity index (χ0) is 12.1. The SMILES string of the molecule is CCNC(=O)CN(C)C(=O)C(NC)C1CC1. The molecule has 2 N–H and O–H groups in total. The first kappa shape index (κ1) is 13.0. The van der Waals surface area contributed by atoms with Crippen molar-refractivity contribution in [2.75, 3.05) is 27.2 Å². The first-order valence-electron chi connectivity index (χ1n) is 5.79. The average Bonchev–Trinajstić information content (AvgIpc) is 3.03. The molecule has 16 heavy (non-hydrogen) atoms. The van der Waals surface area contributed by atoms with Crippen molar-refractivity contribution in [3.05, 3.63) is 0 Å². The van der Waals surface area contributed by atoms with Gasteiger partial charge < -0.3 is 15.5 Å². The van der Waals surface area contributed by atoms with E-state index in [4.69, 9.17) is 0 Å². The lowest BCUT2D eigenvalue weighted by Gasteiger charge is -2.22. The molecule has 2 amide bonds. The van der Waals surface area contributed by atoms with Gasteiger partial charge in [0, 0.05) is 13.6 Å². The molecule has 1 saturated carbocycles. The van der Waals surface area contributed by atoms with Crippen molar-refractivity contribution < 1.29 is 9.59 Å². The summed E-state index contributed by atoms with van der Waals surface area (Å²) in [5.74, 6) is 0.356. The summed E-state index contributed by atoms with van der Waals surface area (Å²) in [6.07, 6.45) is 2.21. The van der Waals surface area contributed by atoms with Crippen LogP contribution in [0.25, 0.3) is 0 Å². The molecule has 0 heterocycles. The minimum Gasteiger partial charge on any atom is -0.355 e. The molecule has 1 fully saturated rings. The van der Waals surface area contributed by atoms with Crippen molar-refractivity contribution in [1.29, 1.82) is 0 Å². The number of hydrogen-bond donors (Lipinski definition) is 2. The molecule has 1 atom stereocenters. The van der Waals surface area contributed by atoms with Crippen LogP contribution in [0.2, 0.25) is 0 Å². The molecule has 5 nitrogen and oxygen atoms in total. The smallest absolute Gasteiger partial charge is 0.240 e. The molecule has 0 aromatic carbocycles. The molecule has 0 saturated heterocycles. The molecule has 92 valence electrons. The number of hydrogen-bond acceptors (Lipinski definition) is 3. The molecule has 0 aromatic heterocycles. The van der Waals surface area contributed by atoms with Gasteiger partial charge in [-0.2, -0.15) is 0 Å². The summed E-state index contributed by atoms with van der Waals surface area (Å²) in [6, 6.07) is -0.126. The quantitative estimate of drug-likeness (QED) is 0.648. The normalized spacial score (nSPS) is 16.7. The minimum absolute atomic E-state index is 0.0104. The van der Waals surface area contributed by atoms with Gasteiger partial charge >= 0.3 is 0 Å². The summed E-state index contributed by atoms with van der Waals surface area (Å²) in [5.41, 5.74) is 0. The van der Waals surface area contributed by atoms with Gasteiger partial charge in [0.1, 0.15) is 0 Å². The first-order valence-corrected chi connectivity index (χ1v) is 5.79. The van der Waals surface area contributed by atoms with E-state index in [9.17, 15) is 9.59 Å². The molecule has 0 bridgehead atoms. The molecule has 1 unspecified atom stereocenters. The van der Waals surface area contributed by atoms with Gasteiger partial charge in [-0.25, -0.2) is 0 Å². The molecule has 0 radical (unpaired) electrons.